The molecule has 0 saturated carbocycles. The average molecular weight is 728 g/mol. The van der Waals surface area contributed by atoms with E-state index in [1.807, 2.05) is 81.4 Å². The third-order valence-electron chi connectivity index (χ3n) is 9.07. The highest BCUT2D eigenvalue weighted by atomic mass is 28.4. The summed E-state index contributed by atoms with van der Waals surface area (Å²) in [7, 11) is -1.97. The van der Waals surface area contributed by atoms with Gasteiger partial charge in [0.1, 0.15) is 18.8 Å². The van der Waals surface area contributed by atoms with E-state index < -0.39 is 20.0 Å². The molecule has 0 aliphatic carbocycles. The predicted octanol–water partition coefficient (Wildman–Crippen LogP) is 6.08. The van der Waals surface area contributed by atoms with Crippen molar-refractivity contribution < 1.29 is 33.0 Å². The van der Waals surface area contributed by atoms with Gasteiger partial charge >= 0.3 is 18.3 Å². The van der Waals surface area contributed by atoms with Gasteiger partial charge in [0.15, 0.2) is 8.32 Å². The quantitative estimate of drug-likeness (QED) is 0.222. The van der Waals surface area contributed by atoms with Crippen LogP contribution in [0.5, 0.6) is 0 Å². The summed E-state index contributed by atoms with van der Waals surface area (Å²) in [6, 6.07) is 19.2. The summed E-state index contributed by atoms with van der Waals surface area (Å²) in [5.74, 6) is 0. The molecule has 2 heterocycles. The molecule has 4 rings (SSSR count). The number of nitrogens with zero attached hydrogens (tertiary/aromatic N) is 3. The van der Waals surface area contributed by atoms with Gasteiger partial charge in [-0.25, -0.2) is 14.4 Å². The maximum atomic E-state index is 12.5. The first kappa shape index (κ1) is 41.8. The molecule has 0 bridgehead atoms. The summed E-state index contributed by atoms with van der Waals surface area (Å²) in [4.78, 5) is 42.3. The van der Waals surface area contributed by atoms with E-state index in [0.29, 0.717) is 45.9 Å². The minimum atomic E-state index is -1.97. The number of carbonyl (C=O) groups is 3. The fraction of sp³-hybridized carbons (Fsp3) is 0.605. The number of ether oxygens (including phenoxy) is 3. The van der Waals surface area contributed by atoms with Gasteiger partial charge in [0, 0.05) is 58.9 Å². The van der Waals surface area contributed by atoms with Crippen LogP contribution in [0, 0.1) is 0 Å². The monoisotopic (exact) mass is 727 g/mol. The maximum absolute atomic E-state index is 12.5. The van der Waals surface area contributed by atoms with Crippen LogP contribution in [-0.2, 0) is 31.9 Å². The van der Waals surface area contributed by atoms with Gasteiger partial charge in [-0.2, -0.15) is 0 Å². The summed E-state index contributed by atoms with van der Waals surface area (Å²) >= 11 is 0. The van der Waals surface area contributed by atoms with Crippen LogP contribution in [0.2, 0.25) is 18.1 Å². The fourth-order valence-electron chi connectivity index (χ4n) is 5.03. The van der Waals surface area contributed by atoms with Crippen LogP contribution in [0.1, 0.15) is 52.7 Å². The highest BCUT2D eigenvalue weighted by Crippen LogP contribution is 2.36. The standard InChI is InChI=1S/C26H45N3O5Si.C12H16N2O2/c1-25(2,3)34-23(30)27-22(20-33-35(7,8)26(4,5)6)18-28-14-16-29(17-15-28)24(31)32-19-21-12-10-9-11-13-21;15-12(14-8-6-13-7-9-14)16-10-11-4-2-1-3-5-11/h9-13,22H,14-20H2,1-8H3,(H,27,30);1-5,13H,6-10H2/t22-;/m1./s1. The molecule has 0 unspecified atom stereocenters. The average Bonchev–Trinajstić information content (AvgIpc) is 3.09. The maximum Gasteiger partial charge on any atom is 0.410 e. The number of benzene rings is 2. The molecule has 0 radical (unpaired) electrons. The van der Waals surface area contributed by atoms with E-state index >= 15 is 0 Å². The minimum absolute atomic E-state index is 0.0786. The van der Waals surface area contributed by atoms with E-state index in [9.17, 15) is 14.4 Å². The molecule has 51 heavy (non-hydrogen) atoms. The van der Waals surface area contributed by atoms with Crippen LogP contribution in [0.3, 0.4) is 0 Å². The van der Waals surface area contributed by atoms with Crippen molar-refractivity contribution in [2.24, 2.45) is 0 Å². The number of alkyl carbamates (subject to hydrolysis) is 1. The zero-order valence-corrected chi connectivity index (χ0v) is 33.0. The Labute approximate surface area is 306 Å². The zero-order chi connectivity index (χ0) is 37.5. The Morgan fingerprint density at radius 3 is 1.67 bits per heavy atom. The lowest BCUT2D eigenvalue weighted by Crippen LogP contribution is -2.55. The number of nitrogens with one attached hydrogen (secondary N) is 2. The smallest absolute Gasteiger partial charge is 0.410 e. The van der Waals surface area contributed by atoms with Crippen LogP contribution in [0.25, 0.3) is 0 Å². The topological polar surface area (TPSA) is 122 Å². The van der Waals surface area contributed by atoms with Crippen molar-refractivity contribution in [3.63, 3.8) is 0 Å². The molecule has 2 aliphatic heterocycles. The number of amides is 3. The molecule has 2 aromatic rings. The van der Waals surface area contributed by atoms with Crippen LogP contribution >= 0.6 is 0 Å². The second-order valence-corrected chi connectivity index (χ2v) is 20.3. The van der Waals surface area contributed by atoms with Gasteiger partial charge < -0.3 is 39.1 Å². The van der Waals surface area contributed by atoms with E-state index in [-0.39, 0.29) is 29.9 Å². The Balaban J connectivity index is 0.000000362. The van der Waals surface area contributed by atoms with Gasteiger partial charge in [-0.1, -0.05) is 81.4 Å². The van der Waals surface area contributed by atoms with Crippen LogP contribution in [0.4, 0.5) is 14.4 Å². The fourth-order valence-corrected chi connectivity index (χ4v) is 6.08. The minimum Gasteiger partial charge on any atom is -0.445 e. The molecule has 13 heteroatoms. The molecule has 2 saturated heterocycles. The van der Waals surface area contributed by atoms with Gasteiger partial charge in [0.05, 0.1) is 12.6 Å². The van der Waals surface area contributed by atoms with Crippen molar-refractivity contribution in [2.45, 2.75) is 84.5 Å². The summed E-state index contributed by atoms with van der Waals surface area (Å²) < 4.78 is 22.6. The molecule has 1 atom stereocenters. The van der Waals surface area contributed by atoms with E-state index in [0.717, 1.165) is 37.3 Å². The van der Waals surface area contributed by atoms with Gasteiger partial charge in [0.2, 0.25) is 0 Å². The summed E-state index contributed by atoms with van der Waals surface area (Å²) in [6.45, 7) is 24.0. The second-order valence-electron chi connectivity index (χ2n) is 15.5. The van der Waals surface area contributed by atoms with Gasteiger partial charge in [-0.3, -0.25) is 4.90 Å². The lowest BCUT2D eigenvalue weighted by atomic mass is 10.2. The molecule has 2 aliphatic rings. The van der Waals surface area contributed by atoms with Gasteiger partial charge in [-0.15, -0.1) is 0 Å². The van der Waals surface area contributed by atoms with E-state index in [2.05, 4.69) is 49.4 Å². The molecule has 284 valence electrons. The Morgan fingerprint density at radius 1 is 0.745 bits per heavy atom. The van der Waals surface area contributed by atoms with Gasteiger partial charge in [-0.05, 0) is 50.0 Å². The summed E-state index contributed by atoms with van der Waals surface area (Å²) in [5, 5.41) is 6.28. The molecular formula is C38H61N5O7Si. The lowest BCUT2D eigenvalue weighted by Gasteiger charge is -2.39. The molecular weight excluding hydrogens is 667 g/mol. The van der Waals surface area contributed by atoms with Crippen LogP contribution in [0.15, 0.2) is 60.7 Å². The molecule has 2 fully saturated rings. The third kappa shape index (κ3) is 15.6. The first-order valence-corrected chi connectivity index (χ1v) is 20.9. The highest BCUT2D eigenvalue weighted by molar-refractivity contribution is 6.74. The van der Waals surface area contributed by atoms with E-state index in [1.165, 1.54) is 0 Å². The Kier molecular flexibility index (Phi) is 16.2. The van der Waals surface area contributed by atoms with Crippen molar-refractivity contribution in [3.8, 4) is 0 Å². The Morgan fingerprint density at radius 2 is 1.22 bits per heavy atom. The first-order chi connectivity index (χ1) is 24.0. The molecule has 0 aromatic heterocycles. The Bertz CT molecular complexity index is 1340. The van der Waals surface area contributed by atoms with Crippen molar-refractivity contribution in [3.05, 3.63) is 71.8 Å². The van der Waals surface area contributed by atoms with Crippen LogP contribution in [-0.4, -0.2) is 118 Å². The molecule has 2 aromatic carbocycles. The van der Waals surface area contributed by atoms with Crippen molar-refractivity contribution in [1.82, 2.24) is 25.3 Å². The first-order valence-electron chi connectivity index (χ1n) is 18.0. The number of piperazine rings is 2. The molecule has 12 nitrogen and oxygen atoms in total. The van der Waals surface area contributed by atoms with E-state index in [4.69, 9.17) is 18.6 Å². The number of carbonyl (C=O) groups excluding carboxylic acids is 3. The number of hydrogen-bond donors (Lipinski definition) is 2. The van der Waals surface area contributed by atoms with Crippen molar-refractivity contribution in [2.75, 3.05) is 65.5 Å². The predicted molar refractivity (Wildman–Crippen MR) is 202 cm³/mol. The molecule has 2 N–H and O–H groups in total. The normalized spacial score (nSPS) is 16.3. The number of hydrogen-bond acceptors (Lipinski definition) is 9. The van der Waals surface area contributed by atoms with Crippen molar-refractivity contribution in [1.29, 1.82) is 0 Å². The largest absolute Gasteiger partial charge is 0.445 e. The van der Waals surface area contributed by atoms with Crippen molar-refractivity contribution >= 4 is 26.6 Å². The third-order valence-corrected chi connectivity index (χ3v) is 13.6. The Hall–Kier alpha value is -3.65. The number of rotatable bonds is 10. The molecule has 0 spiro atoms. The SMILES string of the molecule is CC(C)(C)OC(=O)N[C@@H](CO[Si](C)(C)C(C)(C)C)CN1CCN(C(=O)OCc2ccccc2)CC1.O=C(OCc1ccccc1)N1CCNCC1. The summed E-state index contributed by atoms with van der Waals surface area (Å²) in [6.07, 6.45) is -0.951. The van der Waals surface area contributed by atoms with Gasteiger partial charge in [0.25, 0.3) is 0 Å². The zero-order valence-electron chi connectivity index (χ0n) is 32.0. The second kappa shape index (κ2) is 19.8. The van der Waals surface area contributed by atoms with E-state index in [1.54, 1.807) is 9.80 Å². The molecule has 3 amide bonds. The lowest BCUT2D eigenvalue weighted by molar-refractivity contribution is 0.0439. The highest BCUT2D eigenvalue weighted by Gasteiger charge is 2.38. The summed E-state index contributed by atoms with van der Waals surface area (Å²) in [5.41, 5.74) is 1.42. The van der Waals surface area contributed by atoms with Crippen LogP contribution < -0.4 is 10.6 Å².